The summed E-state index contributed by atoms with van der Waals surface area (Å²) in [6.45, 7) is 0.517. The van der Waals surface area contributed by atoms with Crippen LogP contribution in [0, 0.1) is 0 Å². The van der Waals surface area contributed by atoms with E-state index in [1.807, 2.05) is 36.4 Å². The fourth-order valence-electron chi connectivity index (χ4n) is 3.64. The van der Waals surface area contributed by atoms with Crippen LogP contribution >= 0.6 is 7.82 Å². The van der Waals surface area contributed by atoms with Gasteiger partial charge in [0.2, 0.25) is 0 Å². The lowest BCUT2D eigenvalue weighted by Crippen LogP contribution is -2.41. The van der Waals surface area contributed by atoms with Gasteiger partial charge in [-0.05, 0) is 73.4 Å². The van der Waals surface area contributed by atoms with Gasteiger partial charge in [0.1, 0.15) is 5.75 Å². The number of aromatic nitrogens is 1. The van der Waals surface area contributed by atoms with Gasteiger partial charge in [-0.25, -0.2) is 4.57 Å². The minimum atomic E-state index is -4.49. The maximum Gasteiger partial charge on any atom is 0.469 e. The van der Waals surface area contributed by atoms with Crippen LogP contribution in [0.5, 0.6) is 5.75 Å². The molecule has 3 rings (SSSR count). The van der Waals surface area contributed by atoms with Crippen molar-refractivity contribution in [3.8, 4) is 5.75 Å². The van der Waals surface area contributed by atoms with Gasteiger partial charge in [-0.1, -0.05) is 12.1 Å². The number of benzene rings is 1. The van der Waals surface area contributed by atoms with Crippen molar-refractivity contribution in [2.24, 2.45) is 5.73 Å². The van der Waals surface area contributed by atoms with E-state index >= 15 is 0 Å². The first-order valence-electron chi connectivity index (χ1n) is 9.44. The van der Waals surface area contributed by atoms with Crippen molar-refractivity contribution in [1.82, 2.24) is 4.98 Å². The van der Waals surface area contributed by atoms with E-state index in [1.54, 1.807) is 12.4 Å². The molecule has 2 atom stereocenters. The highest BCUT2D eigenvalue weighted by atomic mass is 31.2. The van der Waals surface area contributed by atoms with Crippen LogP contribution in [0.3, 0.4) is 0 Å². The number of phosphoric ester groups is 1. The number of pyridine rings is 1. The normalized spacial score (nSPS) is 22.3. The summed E-state index contributed by atoms with van der Waals surface area (Å²) in [5, 5.41) is 0. The SMILES string of the molecule is N[C@@]1(COP(=O)(O)O)CC[C@@H](c2ccc(OCCCc3ccncc3)cc2)C1. The Bertz CT molecular complexity index is 796. The lowest BCUT2D eigenvalue weighted by atomic mass is 9.94. The lowest BCUT2D eigenvalue weighted by Gasteiger charge is -2.24. The second-order valence-electron chi connectivity index (χ2n) is 7.44. The van der Waals surface area contributed by atoms with E-state index in [1.165, 1.54) is 5.56 Å². The van der Waals surface area contributed by atoms with Crippen LogP contribution in [0.1, 0.15) is 42.7 Å². The van der Waals surface area contributed by atoms with E-state index in [9.17, 15) is 4.57 Å². The second-order valence-corrected chi connectivity index (χ2v) is 8.68. The zero-order chi connectivity index (χ0) is 20.0. The van der Waals surface area contributed by atoms with Crippen LogP contribution < -0.4 is 10.5 Å². The molecule has 0 bridgehead atoms. The van der Waals surface area contributed by atoms with E-state index in [0.717, 1.165) is 30.6 Å². The molecular formula is C20H27N2O5P. The Labute approximate surface area is 165 Å². The average Bonchev–Trinajstić information content (AvgIpc) is 3.07. The third-order valence-electron chi connectivity index (χ3n) is 5.14. The summed E-state index contributed by atoms with van der Waals surface area (Å²) >= 11 is 0. The Balaban J connectivity index is 1.44. The standard InChI is InChI=1S/C20H27N2O5P/c21-20(15-27-28(23,24)25)10-7-18(14-20)17-3-5-19(6-4-17)26-13-1-2-16-8-11-22-12-9-16/h3-6,8-9,11-12,18H,1-2,7,10,13-15,21H2,(H2,23,24,25)/t18-,20+/m1/s1. The predicted octanol–water partition coefficient (Wildman–Crippen LogP) is 3.17. The molecule has 4 N–H and O–H groups in total. The van der Waals surface area contributed by atoms with Crippen LogP contribution in [0.4, 0.5) is 0 Å². The molecule has 0 aliphatic heterocycles. The molecule has 152 valence electrons. The molecule has 1 aromatic heterocycles. The summed E-state index contributed by atoms with van der Waals surface area (Å²) in [4.78, 5) is 21.8. The average molecular weight is 406 g/mol. The molecule has 8 heteroatoms. The zero-order valence-electron chi connectivity index (χ0n) is 15.7. The number of phosphoric acid groups is 1. The Morgan fingerprint density at radius 2 is 1.89 bits per heavy atom. The highest BCUT2D eigenvalue weighted by Gasteiger charge is 2.38. The smallest absolute Gasteiger partial charge is 0.469 e. The Kier molecular flexibility index (Phi) is 6.86. The van der Waals surface area contributed by atoms with Crippen LogP contribution in [0.2, 0.25) is 0 Å². The maximum atomic E-state index is 10.9. The third-order valence-corrected chi connectivity index (χ3v) is 5.61. The van der Waals surface area contributed by atoms with E-state index < -0.39 is 13.4 Å². The van der Waals surface area contributed by atoms with Crippen molar-refractivity contribution >= 4 is 7.82 Å². The number of nitrogens with two attached hydrogens (primary N) is 1. The molecule has 1 aliphatic rings. The molecule has 1 heterocycles. The monoisotopic (exact) mass is 406 g/mol. The minimum Gasteiger partial charge on any atom is -0.494 e. The van der Waals surface area contributed by atoms with E-state index in [0.29, 0.717) is 19.4 Å². The fraction of sp³-hybridized carbons (Fsp3) is 0.450. The minimum absolute atomic E-state index is 0.132. The van der Waals surface area contributed by atoms with Gasteiger partial charge in [0.05, 0.1) is 13.2 Å². The van der Waals surface area contributed by atoms with Gasteiger partial charge in [0.25, 0.3) is 0 Å². The van der Waals surface area contributed by atoms with Crippen molar-refractivity contribution in [2.75, 3.05) is 13.2 Å². The van der Waals surface area contributed by atoms with Crippen LogP contribution in [0.15, 0.2) is 48.8 Å². The quantitative estimate of drug-likeness (QED) is 0.433. The molecule has 0 saturated heterocycles. The summed E-state index contributed by atoms with van der Waals surface area (Å²) in [5.74, 6) is 1.09. The summed E-state index contributed by atoms with van der Waals surface area (Å²) in [6.07, 6.45) is 7.66. The first kappa shape index (κ1) is 21.0. The molecule has 1 aliphatic carbocycles. The first-order valence-corrected chi connectivity index (χ1v) is 11.0. The van der Waals surface area contributed by atoms with Crippen molar-refractivity contribution in [3.63, 3.8) is 0 Å². The lowest BCUT2D eigenvalue weighted by molar-refractivity contribution is 0.153. The molecule has 1 fully saturated rings. The Hall–Kier alpha value is -1.76. The van der Waals surface area contributed by atoms with Crippen molar-refractivity contribution < 1.29 is 23.6 Å². The van der Waals surface area contributed by atoms with Crippen molar-refractivity contribution in [1.29, 1.82) is 0 Å². The highest BCUT2D eigenvalue weighted by Crippen LogP contribution is 2.43. The van der Waals surface area contributed by atoms with Gasteiger partial charge in [0.15, 0.2) is 0 Å². The molecule has 0 radical (unpaired) electrons. The molecule has 1 saturated carbocycles. The highest BCUT2D eigenvalue weighted by molar-refractivity contribution is 7.46. The summed E-state index contributed by atoms with van der Waals surface area (Å²) < 4.78 is 21.3. The van der Waals surface area contributed by atoms with Crippen LogP contribution in [-0.4, -0.2) is 33.5 Å². The number of ether oxygens (including phenoxy) is 1. The maximum absolute atomic E-state index is 10.9. The first-order chi connectivity index (χ1) is 13.3. The van der Waals surface area contributed by atoms with Crippen molar-refractivity contribution in [2.45, 2.75) is 43.6 Å². The van der Waals surface area contributed by atoms with Crippen LogP contribution in [0.25, 0.3) is 0 Å². The van der Waals surface area contributed by atoms with Gasteiger partial charge < -0.3 is 20.3 Å². The van der Waals surface area contributed by atoms with Crippen molar-refractivity contribution in [3.05, 3.63) is 59.9 Å². The molecule has 0 amide bonds. The number of hydrogen-bond acceptors (Lipinski definition) is 5. The number of hydrogen-bond donors (Lipinski definition) is 3. The van der Waals surface area contributed by atoms with E-state index in [-0.39, 0.29) is 12.5 Å². The van der Waals surface area contributed by atoms with Gasteiger partial charge in [-0.15, -0.1) is 0 Å². The summed E-state index contributed by atoms with van der Waals surface area (Å²) in [6, 6.07) is 12.0. The van der Waals surface area contributed by atoms with Gasteiger partial charge in [-0.3, -0.25) is 9.51 Å². The molecule has 2 aromatic rings. The fourth-order valence-corrected chi connectivity index (χ4v) is 4.06. The number of aryl methyl sites for hydroxylation is 1. The molecule has 7 nitrogen and oxygen atoms in total. The van der Waals surface area contributed by atoms with E-state index in [2.05, 4.69) is 9.51 Å². The summed E-state index contributed by atoms with van der Waals surface area (Å²) in [7, 11) is -4.49. The molecular weight excluding hydrogens is 379 g/mol. The Morgan fingerprint density at radius 3 is 2.57 bits per heavy atom. The van der Waals surface area contributed by atoms with Gasteiger partial charge in [0, 0.05) is 17.9 Å². The largest absolute Gasteiger partial charge is 0.494 e. The molecule has 0 spiro atoms. The number of rotatable bonds is 9. The second kappa shape index (κ2) is 9.16. The van der Waals surface area contributed by atoms with Crippen LogP contribution in [-0.2, 0) is 15.5 Å². The molecule has 1 aromatic carbocycles. The van der Waals surface area contributed by atoms with E-state index in [4.69, 9.17) is 20.3 Å². The topological polar surface area (TPSA) is 115 Å². The predicted molar refractivity (Wildman–Crippen MR) is 106 cm³/mol. The Morgan fingerprint density at radius 1 is 1.18 bits per heavy atom. The molecule has 28 heavy (non-hydrogen) atoms. The zero-order valence-corrected chi connectivity index (χ0v) is 16.6. The third kappa shape index (κ3) is 6.40. The summed E-state index contributed by atoms with van der Waals surface area (Å²) in [5.41, 5.74) is 7.97. The van der Waals surface area contributed by atoms with Gasteiger partial charge in [-0.2, -0.15) is 0 Å². The molecule has 0 unspecified atom stereocenters. The van der Waals surface area contributed by atoms with Gasteiger partial charge >= 0.3 is 7.82 Å². The number of nitrogens with zero attached hydrogens (tertiary/aromatic N) is 1.